The van der Waals surface area contributed by atoms with Crippen LogP contribution in [0.1, 0.15) is 31.2 Å². The van der Waals surface area contributed by atoms with E-state index in [1.807, 2.05) is 11.8 Å². The van der Waals surface area contributed by atoms with Gasteiger partial charge in [-0.1, -0.05) is 6.07 Å². The van der Waals surface area contributed by atoms with Gasteiger partial charge in [0.25, 0.3) is 0 Å². The van der Waals surface area contributed by atoms with Crippen LogP contribution in [0.25, 0.3) is 0 Å². The van der Waals surface area contributed by atoms with Crippen molar-refractivity contribution in [1.29, 1.82) is 0 Å². The van der Waals surface area contributed by atoms with Crippen molar-refractivity contribution in [3.63, 3.8) is 0 Å². The Balaban J connectivity index is 1.57. The van der Waals surface area contributed by atoms with Crippen molar-refractivity contribution in [1.82, 2.24) is 5.32 Å². The Morgan fingerprint density at radius 1 is 1.29 bits per heavy atom. The minimum Gasteiger partial charge on any atom is -0.375 e. The standard InChI is InChI=1S/C16H21F2NOS/c17-13-2-1-12(15(18)9-13)11-19-14-3-6-20-16(10-14)4-7-21-8-5-16/h1-2,9,14,19H,3-8,10-11H2. The number of benzene rings is 1. The number of hydrogen-bond acceptors (Lipinski definition) is 3. The molecular weight excluding hydrogens is 292 g/mol. The predicted octanol–water partition coefficient (Wildman–Crippen LogP) is 3.50. The van der Waals surface area contributed by atoms with Crippen molar-refractivity contribution in [3.8, 4) is 0 Å². The third-order valence-electron chi connectivity index (χ3n) is 4.49. The van der Waals surface area contributed by atoms with Gasteiger partial charge in [-0.2, -0.15) is 11.8 Å². The van der Waals surface area contributed by atoms with Crippen molar-refractivity contribution in [2.45, 2.75) is 43.9 Å². The minimum absolute atomic E-state index is 0.0303. The molecule has 2 nitrogen and oxygen atoms in total. The molecule has 2 aliphatic heterocycles. The molecule has 0 radical (unpaired) electrons. The van der Waals surface area contributed by atoms with Crippen molar-refractivity contribution in [2.75, 3.05) is 18.1 Å². The molecule has 116 valence electrons. The molecule has 1 atom stereocenters. The Morgan fingerprint density at radius 3 is 2.86 bits per heavy atom. The Hall–Kier alpha value is -0.650. The monoisotopic (exact) mass is 313 g/mol. The maximum absolute atomic E-state index is 13.6. The summed E-state index contributed by atoms with van der Waals surface area (Å²) in [4.78, 5) is 0. The molecule has 1 aromatic rings. The molecule has 2 heterocycles. The van der Waals surface area contributed by atoms with Gasteiger partial charge in [-0.05, 0) is 43.3 Å². The fraction of sp³-hybridized carbons (Fsp3) is 0.625. The van der Waals surface area contributed by atoms with Gasteiger partial charge >= 0.3 is 0 Å². The van der Waals surface area contributed by atoms with Gasteiger partial charge < -0.3 is 10.1 Å². The van der Waals surface area contributed by atoms with Crippen LogP contribution in [0.5, 0.6) is 0 Å². The van der Waals surface area contributed by atoms with Crippen molar-refractivity contribution in [3.05, 3.63) is 35.4 Å². The highest BCUT2D eigenvalue weighted by molar-refractivity contribution is 7.99. The van der Waals surface area contributed by atoms with Crippen LogP contribution in [0.3, 0.4) is 0 Å². The average molecular weight is 313 g/mol. The summed E-state index contributed by atoms with van der Waals surface area (Å²) in [5, 5.41) is 3.42. The molecule has 1 aromatic carbocycles. The van der Waals surface area contributed by atoms with Gasteiger partial charge in [0.15, 0.2) is 0 Å². The normalized spacial score (nSPS) is 25.1. The fourth-order valence-corrected chi connectivity index (χ4v) is 4.45. The lowest BCUT2D eigenvalue weighted by molar-refractivity contribution is -0.0933. The molecule has 0 aliphatic carbocycles. The molecule has 1 N–H and O–H groups in total. The summed E-state index contributed by atoms with van der Waals surface area (Å²) < 4.78 is 32.6. The van der Waals surface area contributed by atoms with Gasteiger partial charge in [0.1, 0.15) is 11.6 Å². The number of ether oxygens (including phenoxy) is 1. The molecular formula is C16H21F2NOS. The molecule has 0 bridgehead atoms. The number of rotatable bonds is 3. The highest BCUT2D eigenvalue weighted by Crippen LogP contribution is 2.37. The molecule has 0 aromatic heterocycles. The summed E-state index contributed by atoms with van der Waals surface area (Å²) in [5.74, 6) is 1.33. The van der Waals surface area contributed by atoms with Crippen LogP contribution in [-0.2, 0) is 11.3 Å². The van der Waals surface area contributed by atoms with Gasteiger partial charge in [0, 0.05) is 30.8 Å². The second-order valence-corrected chi connectivity index (χ2v) is 7.17. The number of hydrogen-bond donors (Lipinski definition) is 1. The van der Waals surface area contributed by atoms with Crippen molar-refractivity contribution in [2.24, 2.45) is 0 Å². The first-order valence-electron chi connectivity index (χ1n) is 7.56. The predicted molar refractivity (Wildman–Crippen MR) is 81.5 cm³/mol. The third-order valence-corrected chi connectivity index (χ3v) is 5.48. The molecule has 3 rings (SSSR count). The molecule has 1 spiro atoms. The second-order valence-electron chi connectivity index (χ2n) is 5.95. The Bertz CT molecular complexity index is 486. The van der Waals surface area contributed by atoms with Crippen LogP contribution in [0.4, 0.5) is 8.78 Å². The van der Waals surface area contributed by atoms with E-state index in [1.54, 1.807) is 0 Å². The summed E-state index contributed by atoms with van der Waals surface area (Å²) in [5.41, 5.74) is 0.554. The van der Waals surface area contributed by atoms with Gasteiger partial charge in [0.2, 0.25) is 0 Å². The van der Waals surface area contributed by atoms with Gasteiger partial charge in [-0.15, -0.1) is 0 Å². The van der Waals surface area contributed by atoms with E-state index in [2.05, 4.69) is 5.32 Å². The number of nitrogens with one attached hydrogen (secondary N) is 1. The van der Waals surface area contributed by atoms with E-state index in [4.69, 9.17) is 4.74 Å². The highest BCUT2D eigenvalue weighted by Gasteiger charge is 2.38. The quantitative estimate of drug-likeness (QED) is 0.923. The van der Waals surface area contributed by atoms with Crippen LogP contribution in [0.2, 0.25) is 0 Å². The largest absolute Gasteiger partial charge is 0.375 e. The average Bonchev–Trinajstić information content (AvgIpc) is 2.47. The van der Waals surface area contributed by atoms with Gasteiger partial charge in [-0.3, -0.25) is 0 Å². The van der Waals surface area contributed by atoms with E-state index < -0.39 is 11.6 Å². The summed E-state index contributed by atoms with van der Waals surface area (Å²) in [6.07, 6.45) is 4.18. The lowest BCUT2D eigenvalue weighted by Crippen LogP contribution is -2.48. The maximum Gasteiger partial charge on any atom is 0.130 e. The van der Waals surface area contributed by atoms with Gasteiger partial charge in [0.05, 0.1) is 5.60 Å². The topological polar surface area (TPSA) is 21.3 Å². The summed E-state index contributed by atoms with van der Waals surface area (Å²) >= 11 is 1.99. The Morgan fingerprint density at radius 2 is 2.10 bits per heavy atom. The zero-order valence-electron chi connectivity index (χ0n) is 12.0. The minimum atomic E-state index is -0.527. The van der Waals surface area contributed by atoms with E-state index in [0.717, 1.165) is 38.4 Å². The number of thioether (sulfide) groups is 1. The highest BCUT2D eigenvalue weighted by atomic mass is 32.2. The molecule has 2 fully saturated rings. The summed E-state index contributed by atoms with van der Waals surface area (Å²) in [6, 6.07) is 4.13. The van der Waals surface area contributed by atoms with Crippen molar-refractivity contribution < 1.29 is 13.5 Å². The zero-order valence-corrected chi connectivity index (χ0v) is 12.9. The third kappa shape index (κ3) is 3.76. The smallest absolute Gasteiger partial charge is 0.130 e. The Labute approximate surface area is 128 Å². The molecule has 21 heavy (non-hydrogen) atoms. The van der Waals surface area contributed by atoms with E-state index in [9.17, 15) is 8.78 Å². The summed E-state index contributed by atoms with van der Waals surface area (Å²) in [6.45, 7) is 1.22. The molecule has 5 heteroatoms. The van der Waals surface area contributed by atoms with E-state index in [-0.39, 0.29) is 5.60 Å². The second kappa shape index (κ2) is 6.63. The molecule has 1 unspecified atom stereocenters. The molecule has 0 amide bonds. The van der Waals surface area contributed by atoms with E-state index in [1.165, 1.54) is 23.6 Å². The van der Waals surface area contributed by atoms with Crippen LogP contribution in [0.15, 0.2) is 18.2 Å². The lowest BCUT2D eigenvalue weighted by Gasteiger charge is -2.43. The lowest BCUT2D eigenvalue weighted by atomic mass is 9.85. The number of halogens is 2. The zero-order chi connectivity index (χ0) is 14.7. The SMILES string of the molecule is Fc1ccc(CNC2CCOC3(CCSCC3)C2)c(F)c1. The first-order valence-corrected chi connectivity index (χ1v) is 8.71. The molecule has 2 aliphatic rings. The molecule has 0 saturated carbocycles. The van der Waals surface area contributed by atoms with Crippen molar-refractivity contribution >= 4 is 11.8 Å². The maximum atomic E-state index is 13.6. The van der Waals surface area contributed by atoms with E-state index in [0.29, 0.717) is 18.2 Å². The first kappa shape index (κ1) is 15.3. The van der Waals surface area contributed by atoms with Gasteiger partial charge in [-0.25, -0.2) is 8.78 Å². The van der Waals surface area contributed by atoms with Crippen LogP contribution in [-0.4, -0.2) is 29.8 Å². The van der Waals surface area contributed by atoms with Crippen LogP contribution < -0.4 is 5.32 Å². The first-order chi connectivity index (χ1) is 10.2. The van der Waals surface area contributed by atoms with E-state index >= 15 is 0 Å². The van der Waals surface area contributed by atoms with Crippen LogP contribution >= 0.6 is 11.8 Å². The van der Waals surface area contributed by atoms with Crippen LogP contribution in [0, 0.1) is 11.6 Å². The summed E-state index contributed by atoms with van der Waals surface area (Å²) in [7, 11) is 0. The Kier molecular flexibility index (Phi) is 4.82. The fourth-order valence-electron chi connectivity index (χ4n) is 3.21. The molecule has 2 saturated heterocycles.